The first-order chi connectivity index (χ1) is 9.86. The van der Waals surface area contributed by atoms with Crippen LogP contribution in [0.2, 0.25) is 0 Å². The van der Waals surface area contributed by atoms with E-state index in [0.29, 0.717) is 0 Å². The Kier molecular flexibility index (Phi) is 4.45. The first-order valence-electron chi connectivity index (χ1n) is 7.11. The number of ether oxygens (including phenoxy) is 2. The van der Waals surface area contributed by atoms with Crippen molar-refractivity contribution in [1.82, 2.24) is 4.98 Å². The van der Waals surface area contributed by atoms with Crippen LogP contribution in [-0.2, 0) is 22.3 Å². The number of nitrogens with zero attached hydrogens (tertiary/aromatic N) is 1. The first-order valence-corrected chi connectivity index (χ1v) is 7.99. The maximum absolute atomic E-state index is 5.73. The molecule has 20 heavy (non-hydrogen) atoms. The molecule has 106 valence electrons. The maximum atomic E-state index is 5.73. The van der Waals surface area contributed by atoms with Crippen molar-refractivity contribution in [3.8, 4) is 0 Å². The third-order valence-electron chi connectivity index (χ3n) is 3.41. The lowest BCUT2D eigenvalue weighted by Gasteiger charge is -2.25. The summed E-state index contributed by atoms with van der Waals surface area (Å²) in [6.07, 6.45) is 2.60. The molecule has 3 rings (SSSR count). The largest absolute Gasteiger partial charge is 0.348 e. The zero-order valence-electron chi connectivity index (χ0n) is 11.7. The number of hydrogen-bond donors (Lipinski definition) is 0. The second kappa shape index (κ2) is 6.48. The molecule has 1 aliphatic rings. The lowest BCUT2D eigenvalue weighted by Crippen LogP contribution is -2.19. The van der Waals surface area contributed by atoms with Crippen LogP contribution >= 0.6 is 11.3 Å². The van der Waals surface area contributed by atoms with E-state index >= 15 is 0 Å². The Labute approximate surface area is 123 Å². The minimum Gasteiger partial charge on any atom is -0.348 e. The quantitative estimate of drug-likeness (QED) is 0.859. The molecule has 0 bridgehead atoms. The molecule has 2 heterocycles. The summed E-state index contributed by atoms with van der Waals surface area (Å²) in [5, 5.41) is 3.35. The smallest absolute Gasteiger partial charge is 0.184 e. The van der Waals surface area contributed by atoms with Crippen LogP contribution in [0.15, 0.2) is 29.6 Å². The van der Waals surface area contributed by atoms with E-state index < -0.39 is 0 Å². The lowest BCUT2D eigenvalue weighted by atomic mass is 10.0. The van der Waals surface area contributed by atoms with E-state index in [1.807, 2.05) is 6.07 Å². The summed E-state index contributed by atoms with van der Waals surface area (Å²) >= 11 is 1.74. The summed E-state index contributed by atoms with van der Waals surface area (Å²) in [6, 6.07) is 8.34. The van der Waals surface area contributed by atoms with Gasteiger partial charge in [0.1, 0.15) is 0 Å². The van der Waals surface area contributed by atoms with Gasteiger partial charge in [-0.1, -0.05) is 31.2 Å². The zero-order valence-corrected chi connectivity index (χ0v) is 12.5. The molecule has 0 saturated carbocycles. The topological polar surface area (TPSA) is 31.4 Å². The maximum Gasteiger partial charge on any atom is 0.184 e. The summed E-state index contributed by atoms with van der Waals surface area (Å²) in [6.45, 7) is 3.69. The number of aromatic nitrogens is 1. The average molecular weight is 289 g/mol. The van der Waals surface area contributed by atoms with Gasteiger partial charge in [0.2, 0.25) is 0 Å². The molecule has 3 nitrogen and oxygen atoms in total. The number of aryl methyl sites for hydroxylation is 1. The van der Waals surface area contributed by atoms with E-state index in [1.165, 1.54) is 10.6 Å². The van der Waals surface area contributed by atoms with Crippen molar-refractivity contribution in [2.24, 2.45) is 0 Å². The highest BCUT2D eigenvalue weighted by Gasteiger charge is 2.19. The molecule has 0 spiro atoms. The van der Waals surface area contributed by atoms with Crippen molar-refractivity contribution >= 4 is 11.3 Å². The molecule has 0 atom stereocenters. The van der Waals surface area contributed by atoms with Crippen molar-refractivity contribution in [1.29, 1.82) is 0 Å². The number of hydrogen-bond acceptors (Lipinski definition) is 4. The normalized spacial score (nSPS) is 16.4. The summed E-state index contributed by atoms with van der Waals surface area (Å²) in [4.78, 5) is 4.65. The predicted molar refractivity (Wildman–Crippen MR) is 80.0 cm³/mol. The van der Waals surface area contributed by atoms with E-state index in [1.54, 1.807) is 11.3 Å². The second-order valence-corrected chi connectivity index (χ2v) is 5.83. The highest BCUT2D eigenvalue weighted by atomic mass is 32.1. The fraction of sp³-hybridized carbons (Fsp3) is 0.438. The predicted octanol–water partition coefficient (Wildman–Crippen LogP) is 3.73. The Bertz CT molecular complexity index is 561. The molecule has 1 saturated heterocycles. The van der Waals surface area contributed by atoms with Gasteiger partial charge in [0, 0.05) is 17.4 Å². The number of rotatable bonds is 4. The van der Waals surface area contributed by atoms with Gasteiger partial charge in [0.25, 0.3) is 0 Å². The second-order valence-electron chi connectivity index (χ2n) is 4.89. The van der Waals surface area contributed by atoms with Crippen molar-refractivity contribution in [3.63, 3.8) is 0 Å². The SMILES string of the molecule is CCc1nc(Cc2ccccc2C2OCCCO2)cs1. The molecule has 0 radical (unpaired) electrons. The summed E-state index contributed by atoms with van der Waals surface area (Å²) in [7, 11) is 0. The van der Waals surface area contributed by atoms with Crippen LogP contribution < -0.4 is 0 Å². The molecule has 1 aliphatic heterocycles. The molecule has 2 aromatic rings. The Hall–Kier alpha value is -1.23. The van der Waals surface area contributed by atoms with Gasteiger partial charge in [-0.2, -0.15) is 0 Å². The lowest BCUT2D eigenvalue weighted by molar-refractivity contribution is -0.183. The molecule has 0 aliphatic carbocycles. The molecule has 1 fully saturated rings. The van der Waals surface area contributed by atoms with Crippen LogP contribution in [0.3, 0.4) is 0 Å². The molecule has 0 unspecified atom stereocenters. The Morgan fingerprint density at radius 2 is 2.05 bits per heavy atom. The highest BCUT2D eigenvalue weighted by Crippen LogP contribution is 2.27. The van der Waals surface area contributed by atoms with Crippen molar-refractivity contribution in [3.05, 3.63) is 51.5 Å². The van der Waals surface area contributed by atoms with Crippen molar-refractivity contribution in [2.75, 3.05) is 13.2 Å². The Morgan fingerprint density at radius 1 is 1.25 bits per heavy atom. The summed E-state index contributed by atoms with van der Waals surface area (Å²) in [5.74, 6) is 0. The van der Waals surface area contributed by atoms with Gasteiger partial charge in [-0.15, -0.1) is 11.3 Å². The third kappa shape index (κ3) is 3.08. The number of thiazole rings is 1. The summed E-state index contributed by atoms with van der Waals surface area (Å²) < 4.78 is 11.5. The molecule has 4 heteroatoms. The van der Waals surface area contributed by atoms with Crippen molar-refractivity contribution < 1.29 is 9.47 Å². The molecular formula is C16H19NO2S. The van der Waals surface area contributed by atoms with Gasteiger partial charge in [-0.25, -0.2) is 4.98 Å². The minimum atomic E-state index is -0.218. The van der Waals surface area contributed by atoms with Crippen LogP contribution in [0.1, 0.15) is 41.5 Å². The van der Waals surface area contributed by atoms with E-state index in [0.717, 1.165) is 43.7 Å². The van der Waals surface area contributed by atoms with Crippen LogP contribution in [0.4, 0.5) is 0 Å². The van der Waals surface area contributed by atoms with Gasteiger partial charge in [-0.05, 0) is 18.4 Å². The third-order valence-corrected chi connectivity index (χ3v) is 4.45. The van der Waals surface area contributed by atoms with Gasteiger partial charge in [0.05, 0.1) is 23.9 Å². The zero-order chi connectivity index (χ0) is 13.8. The van der Waals surface area contributed by atoms with Crippen molar-refractivity contribution in [2.45, 2.75) is 32.5 Å². The molecule has 0 N–H and O–H groups in total. The minimum absolute atomic E-state index is 0.218. The monoisotopic (exact) mass is 289 g/mol. The van der Waals surface area contributed by atoms with Gasteiger partial charge in [0.15, 0.2) is 6.29 Å². The first kappa shape index (κ1) is 13.7. The number of benzene rings is 1. The van der Waals surface area contributed by atoms with Gasteiger partial charge < -0.3 is 9.47 Å². The fourth-order valence-electron chi connectivity index (χ4n) is 2.38. The van der Waals surface area contributed by atoms with Crippen LogP contribution in [0.25, 0.3) is 0 Å². The Morgan fingerprint density at radius 3 is 2.80 bits per heavy atom. The Balaban J connectivity index is 1.81. The standard InChI is InChI=1S/C16H19NO2S/c1-2-15-17-13(11-20-15)10-12-6-3-4-7-14(12)16-18-8-5-9-19-16/h3-4,6-7,11,16H,2,5,8-10H2,1H3. The summed E-state index contributed by atoms with van der Waals surface area (Å²) in [5.41, 5.74) is 3.51. The van der Waals surface area contributed by atoms with E-state index in [2.05, 4.69) is 35.5 Å². The molecule has 1 aromatic carbocycles. The van der Waals surface area contributed by atoms with E-state index in [-0.39, 0.29) is 6.29 Å². The van der Waals surface area contributed by atoms with E-state index in [9.17, 15) is 0 Å². The van der Waals surface area contributed by atoms with Crippen LogP contribution in [0, 0.1) is 0 Å². The molecule has 1 aromatic heterocycles. The average Bonchev–Trinajstić information content (AvgIpc) is 2.96. The van der Waals surface area contributed by atoms with Crippen LogP contribution in [-0.4, -0.2) is 18.2 Å². The van der Waals surface area contributed by atoms with Gasteiger partial charge >= 0.3 is 0 Å². The molecule has 0 amide bonds. The molecular weight excluding hydrogens is 270 g/mol. The highest BCUT2D eigenvalue weighted by molar-refractivity contribution is 7.09. The van der Waals surface area contributed by atoms with Crippen LogP contribution in [0.5, 0.6) is 0 Å². The van der Waals surface area contributed by atoms with Gasteiger partial charge in [-0.3, -0.25) is 0 Å². The fourth-order valence-corrected chi connectivity index (χ4v) is 3.12. The van der Waals surface area contributed by atoms with E-state index in [4.69, 9.17) is 9.47 Å².